The predicted molar refractivity (Wildman–Crippen MR) is 143 cm³/mol. The molecule has 0 bridgehead atoms. The molecule has 0 spiro atoms. The normalized spacial score (nSPS) is 16.1. The van der Waals surface area contributed by atoms with Gasteiger partial charge in [0.2, 0.25) is 0 Å². The average Bonchev–Trinajstić information content (AvgIpc) is 3.18. The molecule has 3 N–H and O–H groups in total. The summed E-state index contributed by atoms with van der Waals surface area (Å²) < 4.78 is 5.36. The van der Waals surface area contributed by atoms with Gasteiger partial charge in [-0.05, 0) is 58.2 Å². The number of alkyl carbamates (subject to hydrolysis) is 1. The second kappa shape index (κ2) is 14.3. The summed E-state index contributed by atoms with van der Waals surface area (Å²) in [5.41, 5.74) is 1.19. The van der Waals surface area contributed by atoms with Gasteiger partial charge in [0.1, 0.15) is 5.60 Å². The molecule has 8 nitrogen and oxygen atoms in total. The molecule has 0 radical (unpaired) electrons. The Bertz CT molecular complexity index is 777. The van der Waals surface area contributed by atoms with Crippen LogP contribution in [0.5, 0.6) is 0 Å². The lowest BCUT2D eigenvalue weighted by molar-refractivity contribution is 0.0507. The number of carbonyl (C=O) groups is 2. The molecule has 33 heavy (non-hydrogen) atoms. The minimum Gasteiger partial charge on any atom is -0.444 e. The Labute approximate surface area is 215 Å². The number of ether oxygens (including phenoxy) is 1. The Balaban J connectivity index is 0.00000544. The van der Waals surface area contributed by atoms with Gasteiger partial charge in [-0.3, -0.25) is 4.79 Å². The van der Waals surface area contributed by atoms with E-state index in [-0.39, 0.29) is 42.0 Å². The van der Waals surface area contributed by atoms with E-state index >= 15 is 0 Å². The number of guanidine groups is 1. The largest absolute Gasteiger partial charge is 0.444 e. The number of carbonyl (C=O) groups excluding carboxylic acids is 2. The number of benzene rings is 1. The van der Waals surface area contributed by atoms with Crippen LogP contribution >= 0.6 is 24.0 Å². The van der Waals surface area contributed by atoms with Crippen LogP contribution in [-0.4, -0.2) is 60.7 Å². The second-order valence-corrected chi connectivity index (χ2v) is 9.05. The van der Waals surface area contributed by atoms with Crippen LogP contribution < -0.4 is 16.0 Å². The van der Waals surface area contributed by atoms with Crippen molar-refractivity contribution in [2.24, 2.45) is 4.99 Å². The van der Waals surface area contributed by atoms with Crippen LogP contribution in [0.1, 0.15) is 69.8 Å². The zero-order valence-corrected chi connectivity index (χ0v) is 22.9. The summed E-state index contributed by atoms with van der Waals surface area (Å²) >= 11 is 0. The first kappa shape index (κ1) is 29.0. The summed E-state index contributed by atoms with van der Waals surface area (Å²) in [6.45, 7) is 13.2. The monoisotopic (exact) mass is 573 g/mol. The number of unbranched alkanes of at least 4 members (excludes halogenated alkanes) is 1. The first-order valence-electron chi connectivity index (χ1n) is 11.6. The molecule has 1 unspecified atom stereocenters. The molecule has 186 valence electrons. The fourth-order valence-corrected chi connectivity index (χ4v) is 3.38. The average molecular weight is 574 g/mol. The molecule has 1 fully saturated rings. The lowest BCUT2D eigenvalue weighted by Crippen LogP contribution is -2.44. The number of nitrogens with zero attached hydrogens (tertiary/aromatic N) is 2. The van der Waals surface area contributed by atoms with Crippen molar-refractivity contribution in [3.8, 4) is 0 Å². The zero-order valence-electron chi connectivity index (χ0n) is 20.6. The van der Waals surface area contributed by atoms with E-state index in [9.17, 15) is 9.59 Å². The van der Waals surface area contributed by atoms with Gasteiger partial charge in [0.05, 0.1) is 12.6 Å². The minimum absolute atomic E-state index is 0. The molecule has 0 saturated carbocycles. The van der Waals surface area contributed by atoms with Crippen LogP contribution in [0, 0.1) is 0 Å². The lowest BCUT2D eigenvalue weighted by Gasteiger charge is -2.23. The molecule has 1 aromatic carbocycles. The smallest absolute Gasteiger partial charge is 0.407 e. The Morgan fingerprint density at radius 3 is 2.45 bits per heavy atom. The van der Waals surface area contributed by atoms with E-state index in [0.29, 0.717) is 25.2 Å². The van der Waals surface area contributed by atoms with E-state index in [1.165, 1.54) is 0 Å². The zero-order chi connectivity index (χ0) is 23.6. The Kier molecular flexibility index (Phi) is 12.5. The van der Waals surface area contributed by atoms with Crippen LogP contribution in [0.2, 0.25) is 0 Å². The van der Waals surface area contributed by atoms with E-state index < -0.39 is 5.60 Å². The number of likely N-dealkylation sites (tertiary alicyclic amines) is 1. The first-order valence-corrected chi connectivity index (χ1v) is 11.6. The van der Waals surface area contributed by atoms with Gasteiger partial charge in [0.15, 0.2) is 5.96 Å². The molecule has 1 aliphatic rings. The summed E-state index contributed by atoms with van der Waals surface area (Å²) in [5.74, 6) is 0.782. The molecule has 2 amide bonds. The highest BCUT2D eigenvalue weighted by Crippen LogP contribution is 2.13. The molecular formula is C24H40IN5O3. The molecule has 1 saturated heterocycles. The molecule has 0 aromatic heterocycles. The van der Waals surface area contributed by atoms with Gasteiger partial charge in [-0.15, -0.1) is 24.0 Å². The predicted octanol–water partition coefficient (Wildman–Crippen LogP) is 3.90. The van der Waals surface area contributed by atoms with Crippen LogP contribution in [-0.2, 0) is 11.3 Å². The third-order valence-corrected chi connectivity index (χ3v) is 4.99. The van der Waals surface area contributed by atoms with Crippen LogP contribution in [0.25, 0.3) is 0 Å². The summed E-state index contributed by atoms with van der Waals surface area (Å²) in [5, 5.41) is 9.21. The van der Waals surface area contributed by atoms with Crippen LogP contribution in [0.4, 0.5) is 4.79 Å². The highest BCUT2D eigenvalue weighted by molar-refractivity contribution is 14.0. The van der Waals surface area contributed by atoms with Gasteiger partial charge >= 0.3 is 6.09 Å². The van der Waals surface area contributed by atoms with Gasteiger partial charge in [-0.25, -0.2) is 9.79 Å². The van der Waals surface area contributed by atoms with Gasteiger partial charge in [0.25, 0.3) is 5.91 Å². The van der Waals surface area contributed by atoms with Crippen LogP contribution in [0.15, 0.2) is 29.3 Å². The molecule has 1 aromatic rings. The summed E-state index contributed by atoms with van der Waals surface area (Å²) in [6, 6.07) is 7.60. The van der Waals surface area contributed by atoms with Crippen molar-refractivity contribution in [3.05, 3.63) is 35.4 Å². The number of halogens is 1. The van der Waals surface area contributed by atoms with Crippen molar-refractivity contribution in [1.82, 2.24) is 20.9 Å². The maximum Gasteiger partial charge on any atom is 0.407 e. The summed E-state index contributed by atoms with van der Waals surface area (Å²) in [7, 11) is 0. The van der Waals surface area contributed by atoms with E-state index in [1.54, 1.807) is 0 Å². The molecule has 2 rings (SSSR count). The Morgan fingerprint density at radius 1 is 1.15 bits per heavy atom. The number of hydrogen-bond donors (Lipinski definition) is 3. The quantitative estimate of drug-likeness (QED) is 0.190. The summed E-state index contributed by atoms with van der Waals surface area (Å²) in [4.78, 5) is 31.1. The third kappa shape index (κ3) is 10.6. The Hall–Kier alpha value is -2.04. The van der Waals surface area contributed by atoms with Crippen molar-refractivity contribution in [2.45, 2.75) is 72.1 Å². The molecule has 0 aliphatic carbocycles. The SMILES string of the molecule is CCCCNC(=O)c1ccc(CN=C(NCC)N2CCC(NC(=O)OC(C)(C)C)C2)cc1.I. The topological polar surface area (TPSA) is 95.1 Å². The molecule has 9 heteroatoms. The maximum atomic E-state index is 12.1. The molecule has 1 heterocycles. The summed E-state index contributed by atoms with van der Waals surface area (Å²) in [6.07, 6.45) is 2.49. The van der Waals surface area contributed by atoms with Crippen molar-refractivity contribution >= 4 is 41.9 Å². The fourth-order valence-electron chi connectivity index (χ4n) is 3.38. The van der Waals surface area contributed by atoms with Gasteiger partial charge in [0, 0.05) is 31.7 Å². The Morgan fingerprint density at radius 2 is 1.85 bits per heavy atom. The fraction of sp³-hybridized carbons (Fsp3) is 0.625. The second-order valence-electron chi connectivity index (χ2n) is 9.05. The number of amides is 2. The highest BCUT2D eigenvalue weighted by atomic mass is 127. The van der Waals surface area contributed by atoms with E-state index in [1.807, 2.05) is 52.0 Å². The van der Waals surface area contributed by atoms with Gasteiger partial charge in [-0.2, -0.15) is 0 Å². The number of hydrogen-bond acceptors (Lipinski definition) is 4. The highest BCUT2D eigenvalue weighted by Gasteiger charge is 2.27. The van der Waals surface area contributed by atoms with E-state index in [0.717, 1.165) is 43.9 Å². The molecule has 1 atom stereocenters. The van der Waals surface area contributed by atoms with Crippen molar-refractivity contribution in [3.63, 3.8) is 0 Å². The van der Waals surface area contributed by atoms with Crippen molar-refractivity contribution in [2.75, 3.05) is 26.2 Å². The van der Waals surface area contributed by atoms with Gasteiger partial charge < -0.3 is 25.6 Å². The van der Waals surface area contributed by atoms with Gasteiger partial charge in [-0.1, -0.05) is 25.5 Å². The standard InChI is InChI=1S/C24H39N5O3.HI/c1-6-8-14-26-21(30)19-11-9-18(10-12-19)16-27-22(25-7-2)29-15-13-20(17-29)28-23(31)32-24(3,4)5;/h9-12,20H,6-8,13-17H2,1-5H3,(H,25,27)(H,26,30)(H,28,31);1H. The number of rotatable bonds is 8. The van der Waals surface area contributed by atoms with E-state index in [4.69, 9.17) is 9.73 Å². The van der Waals surface area contributed by atoms with Crippen molar-refractivity contribution < 1.29 is 14.3 Å². The number of nitrogens with one attached hydrogen (secondary N) is 3. The minimum atomic E-state index is -0.509. The van der Waals surface area contributed by atoms with Crippen LogP contribution in [0.3, 0.4) is 0 Å². The van der Waals surface area contributed by atoms with E-state index in [2.05, 4.69) is 27.8 Å². The lowest BCUT2D eigenvalue weighted by atomic mass is 10.1. The molecule has 1 aliphatic heterocycles. The molecular weight excluding hydrogens is 533 g/mol. The number of aliphatic imine (C=N–C) groups is 1. The third-order valence-electron chi connectivity index (χ3n) is 4.99. The first-order chi connectivity index (χ1) is 15.2. The van der Waals surface area contributed by atoms with Crippen molar-refractivity contribution in [1.29, 1.82) is 0 Å². The maximum absolute atomic E-state index is 12.1.